The first kappa shape index (κ1) is 17.1. The Labute approximate surface area is 136 Å². The number of hydrogen-bond donors (Lipinski definition) is 2. The van der Waals surface area contributed by atoms with E-state index in [1.54, 1.807) is 11.3 Å². The van der Waals surface area contributed by atoms with E-state index in [0.29, 0.717) is 12.5 Å². The maximum Gasteiger partial charge on any atom is 0.0954 e. The Morgan fingerprint density at radius 2 is 2.05 bits per heavy atom. The van der Waals surface area contributed by atoms with Gasteiger partial charge in [0.1, 0.15) is 0 Å². The van der Waals surface area contributed by atoms with E-state index in [1.807, 2.05) is 11.6 Å². The van der Waals surface area contributed by atoms with E-state index >= 15 is 0 Å². The molecule has 2 heterocycles. The van der Waals surface area contributed by atoms with E-state index in [0.717, 1.165) is 23.6 Å². The highest BCUT2D eigenvalue weighted by Gasteiger charge is 2.15. The van der Waals surface area contributed by atoms with E-state index in [9.17, 15) is 0 Å². The molecule has 2 N–H and O–H groups in total. The first-order valence-electron chi connectivity index (χ1n) is 7.76. The minimum Gasteiger partial charge on any atom is -0.394 e. The topological polar surface area (TPSA) is 63.0 Å². The van der Waals surface area contributed by atoms with Crippen LogP contribution in [0.4, 0.5) is 0 Å². The monoisotopic (exact) mass is 322 g/mol. The highest BCUT2D eigenvalue weighted by Crippen LogP contribution is 2.23. The molecular formula is C16H26N4OS. The summed E-state index contributed by atoms with van der Waals surface area (Å²) < 4.78 is 1.87. The Bertz CT molecular complexity index is 618. The molecule has 2 aromatic rings. The van der Waals surface area contributed by atoms with E-state index in [4.69, 9.17) is 10.1 Å². The van der Waals surface area contributed by atoms with Gasteiger partial charge in [0.25, 0.3) is 0 Å². The van der Waals surface area contributed by atoms with Gasteiger partial charge in [-0.05, 0) is 20.8 Å². The number of aliphatic hydroxyl groups excluding tert-OH is 1. The molecule has 0 aromatic carbocycles. The molecule has 0 saturated carbocycles. The molecule has 122 valence electrons. The van der Waals surface area contributed by atoms with Crippen LogP contribution in [0, 0.1) is 13.8 Å². The largest absolute Gasteiger partial charge is 0.394 e. The fraction of sp³-hybridized carbons (Fsp3) is 0.625. The molecule has 0 aliphatic rings. The van der Waals surface area contributed by atoms with Crippen LogP contribution in [0.3, 0.4) is 0 Å². The second-order valence-electron chi connectivity index (χ2n) is 5.96. The molecule has 2 rings (SSSR count). The number of thiazole rings is 1. The molecule has 0 spiro atoms. The van der Waals surface area contributed by atoms with Gasteiger partial charge in [-0.2, -0.15) is 5.10 Å². The Balaban J connectivity index is 2.02. The lowest BCUT2D eigenvalue weighted by atomic mass is 10.1. The number of nitrogens with one attached hydrogen (secondary N) is 1. The summed E-state index contributed by atoms with van der Waals surface area (Å²) in [7, 11) is 0. The Hall–Kier alpha value is -1.24. The van der Waals surface area contributed by atoms with Gasteiger partial charge in [-0.3, -0.25) is 4.68 Å². The Morgan fingerprint density at radius 3 is 2.64 bits per heavy atom. The number of hydrogen-bond acceptors (Lipinski definition) is 5. The summed E-state index contributed by atoms with van der Waals surface area (Å²) >= 11 is 1.73. The third-order valence-electron chi connectivity index (χ3n) is 3.91. The van der Waals surface area contributed by atoms with E-state index in [2.05, 4.69) is 43.5 Å². The van der Waals surface area contributed by atoms with Crippen LogP contribution >= 0.6 is 11.3 Å². The molecule has 6 heteroatoms. The standard InChI is InChI=1S/C16H26N4OS/c1-10(2)16-18-15(9-22-16)12(4)17-8-14-11(3)19-20(6-7-21)13(14)5/h9-10,12,17,21H,6-8H2,1-5H3. The molecule has 0 aliphatic carbocycles. The van der Waals surface area contributed by atoms with Crippen LogP contribution < -0.4 is 5.32 Å². The molecule has 0 aliphatic heterocycles. The number of aromatic nitrogens is 3. The van der Waals surface area contributed by atoms with E-state index in [1.165, 1.54) is 10.6 Å². The van der Waals surface area contributed by atoms with Gasteiger partial charge in [-0.25, -0.2) is 4.98 Å². The van der Waals surface area contributed by atoms with Crippen LogP contribution in [0.2, 0.25) is 0 Å². The van der Waals surface area contributed by atoms with Crippen molar-refractivity contribution in [2.75, 3.05) is 6.61 Å². The first-order valence-corrected chi connectivity index (χ1v) is 8.64. The van der Waals surface area contributed by atoms with E-state index in [-0.39, 0.29) is 12.6 Å². The molecule has 0 fully saturated rings. The number of aliphatic hydroxyl groups is 1. The van der Waals surface area contributed by atoms with Crippen molar-refractivity contribution >= 4 is 11.3 Å². The highest BCUT2D eigenvalue weighted by molar-refractivity contribution is 7.09. The second-order valence-corrected chi connectivity index (χ2v) is 6.85. The smallest absolute Gasteiger partial charge is 0.0954 e. The quantitative estimate of drug-likeness (QED) is 0.823. The van der Waals surface area contributed by atoms with Crippen LogP contribution in [0.15, 0.2) is 5.38 Å². The molecule has 0 amide bonds. The predicted octanol–water partition coefficient (Wildman–Crippen LogP) is 2.92. The zero-order valence-corrected chi connectivity index (χ0v) is 14.9. The lowest BCUT2D eigenvalue weighted by Crippen LogP contribution is -2.19. The zero-order valence-electron chi connectivity index (χ0n) is 14.1. The second kappa shape index (κ2) is 7.35. The van der Waals surface area contributed by atoms with Crippen molar-refractivity contribution in [1.29, 1.82) is 0 Å². The number of nitrogens with zero attached hydrogens (tertiary/aromatic N) is 3. The normalized spacial score (nSPS) is 13.0. The molecule has 0 saturated heterocycles. The summed E-state index contributed by atoms with van der Waals surface area (Å²) in [6.07, 6.45) is 0. The lowest BCUT2D eigenvalue weighted by molar-refractivity contribution is 0.267. The van der Waals surface area contributed by atoms with Crippen molar-refractivity contribution < 1.29 is 5.11 Å². The lowest BCUT2D eigenvalue weighted by Gasteiger charge is -2.12. The van der Waals surface area contributed by atoms with Gasteiger partial charge in [-0.1, -0.05) is 13.8 Å². The minimum atomic E-state index is 0.113. The van der Waals surface area contributed by atoms with E-state index < -0.39 is 0 Å². The van der Waals surface area contributed by atoms with Crippen LogP contribution in [0.5, 0.6) is 0 Å². The molecule has 1 atom stereocenters. The molecule has 0 radical (unpaired) electrons. The maximum atomic E-state index is 9.07. The van der Waals surface area contributed by atoms with Crippen LogP contribution in [-0.4, -0.2) is 26.5 Å². The van der Waals surface area contributed by atoms with Crippen molar-refractivity contribution in [3.05, 3.63) is 33.0 Å². The zero-order chi connectivity index (χ0) is 16.3. The van der Waals surface area contributed by atoms with Crippen molar-refractivity contribution in [2.45, 2.75) is 59.7 Å². The van der Waals surface area contributed by atoms with Gasteiger partial charge < -0.3 is 10.4 Å². The minimum absolute atomic E-state index is 0.113. The average molecular weight is 322 g/mol. The fourth-order valence-corrected chi connectivity index (χ4v) is 3.36. The fourth-order valence-electron chi connectivity index (χ4n) is 2.43. The Morgan fingerprint density at radius 1 is 1.32 bits per heavy atom. The summed E-state index contributed by atoms with van der Waals surface area (Å²) in [5, 5.41) is 20.4. The Kier molecular flexibility index (Phi) is 5.72. The molecular weight excluding hydrogens is 296 g/mol. The number of rotatable bonds is 7. The molecule has 22 heavy (non-hydrogen) atoms. The predicted molar refractivity (Wildman–Crippen MR) is 90.2 cm³/mol. The van der Waals surface area contributed by atoms with Crippen LogP contribution in [0.25, 0.3) is 0 Å². The first-order chi connectivity index (χ1) is 10.4. The van der Waals surface area contributed by atoms with Crippen molar-refractivity contribution in [3.63, 3.8) is 0 Å². The van der Waals surface area contributed by atoms with Gasteiger partial charge in [0.05, 0.1) is 29.5 Å². The SMILES string of the molecule is Cc1nn(CCO)c(C)c1CNC(C)c1csc(C(C)C)n1. The van der Waals surface area contributed by atoms with Crippen LogP contribution in [-0.2, 0) is 13.1 Å². The van der Waals surface area contributed by atoms with Gasteiger partial charge in [0, 0.05) is 35.1 Å². The summed E-state index contributed by atoms with van der Waals surface area (Å²) in [5.41, 5.74) is 4.45. The molecule has 0 bridgehead atoms. The summed E-state index contributed by atoms with van der Waals surface area (Å²) in [6.45, 7) is 12.0. The molecule has 5 nitrogen and oxygen atoms in total. The summed E-state index contributed by atoms with van der Waals surface area (Å²) in [5.74, 6) is 0.479. The van der Waals surface area contributed by atoms with Gasteiger partial charge in [0.2, 0.25) is 0 Å². The molecule has 2 aromatic heterocycles. The summed E-state index contributed by atoms with van der Waals surface area (Å²) in [6, 6.07) is 0.212. The van der Waals surface area contributed by atoms with Gasteiger partial charge in [0.15, 0.2) is 0 Å². The third-order valence-corrected chi connectivity index (χ3v) is 5.07. The van der Waals surface area contributed by atoms with Crippen molar-refractivity contribution in [1.82, 2.24) is 20.1 Å². The summed E-state index contributed by atoms with van der Waals surface area (Å²) in [4.78, 5) is 4.70. The highest BCUT2D eigenvalue weighted by atomic mass is 32.1. The molecule has 1 unspecified atom stereocenters. The van der Waals surface area contributed by atoms with Crippen molar-refractivity contribution in [3.8, 4) is 0 Å². The van der Waals surface area contributed by atoms with Gasteiger partial charge in [-0.15, -0.1) is 11.3 Å². The van der Waals surface area contributed by atoms with Crippen LogP contribution in [0.1, 0.15) is 60.4 Å². The van der Waals surface area contributed by atoms with Gasteiger partial charge >= 0.3 is 0 Å². The third kappa shape index (κ3) is 3.74. The van der Waals surface area contributed by atoms with Crippen molar-refractivity contribution in [2.24, 2.45) is 0 Å². The average Bonchev–Trinajstić information content (AvgIpc) is 3.05. The maximum absolute atomic E-state index is 9.07. The number of aryl methyl sites for hydroxylation is 1.